The summed E-state index contributed by atoms with van der Waals surface area (Å²) in [6, 6.07) is 0. The van der Waals surface area contributed by atoms with E-state index in [-0.39, 0.29) is 6.10 Å². The molecule has 0 aromatic carbocycles. The van der Waals surface area contributed by atoms with Crippen molar-refractivity contribution < 1.29 is 5.11 Å². The molecule has 0 heterocycles. The summed E-state index contributed by atoms with van der Waals surface area (Å²) >= 11 is 0. The van der Waals surface area contributed by atoms with Crippen LogP contribution >= 0.6 is 0 Å². The second-order valence-electron chi connectivity index (χ2n) is 2.00. The predicted octanol–water partition coefficient (Wildman–Crippen LogP) is 1.76. The van der Waals surface area contributed by atoms with Crippen molar-refractivity contribution in [2.75, 3.05) is 0 Å². The van der Waals surface area contributed by atoms with Gasteiger partial charge in [-0.2, -0.15) is 0 Å². The zero-order valence-corrected chi connectivity index (χ0v) is 5.72. The van der Waals surface area contributed by atoms with Crippen LogP contribution in [0.5, 0.6) is 0 Å². The standard InChI is InChI=1S/C7H15O/c1-3-5-7(8)6-4-2/h5,7-8H,3-4,6H2,1-2H3. The molecule has 0 rings (SSSR count). The van der Waals surface area contributed by atoms with Crippen molar-refractivity contribution in [1.82, 2.24) is 0 Å². The van der Waals surface area contributed by atoms with Crippen molar-refractivity contribution in [1.29, 1.82) is 0 Å². The number of aliphatic hydroxyl groups excluding tert-OH is 1. The summed E-state index contributed by atoms with van der Waals surface area (Å²) in [5.74, 6) is 0. The summed E-state index contributed by atoms with van der Waals surface area (Å²) in [6.45, 7) is 4.12. The molecule has 1 nitrogen and oxygen atoms in total. The van der Waals surface area contributed by atoms with E-state index < -0.39 is 0 Å². The van der Waals surface area contributed by atoms with Crippen LogP contribution in [0.4, 0.5) is 0 Å². The molecule has 0 amide bonds. The van der Waals surface area contributed by atoms with Gasteiger partial charge < -0.3 is 5.11 Å². The van der Waals surface area contributed by atoms with Crippen molar-refractivity contribution in [2.45, 2.75) is 39.2 Å². The van der Waals surface area contributed by atoms with Gasteiger partial charge in [0.2, 0.25) is 0 Å². The summed E-state index contributed by atoms with van der Waals surface area (Å²) in [7, 11) is 0. The summed E-state index contributed by atoms with van der Waals surface area (Å²) in [5.41, 5.74) is 0. The van der Waals surface area contributed by atoms with Crippen molar-refractivity contribution in [3.05, 3.63) is 6.42 Å². The first-order valence-electron chi connectivity index (χ1n) is 3.32. The molecule has 1 radical (unpaired) electrons. The monoisotopic (exact) mass is 115 g/mol. The molecule has 0 fully saturated rings. The van der Waals surface area contributed by atoms with Gasteiger partial charge in [-0.25, -0.2) is 0 Å². The van der Waals surface area contributed by atoms with E-state index in [9.17, 15) is 0 Å². The lowest BCUT2D eigenvalue weighted by atomic mass is 10.1. The zero-order chi connectivity index (χ0) is 6.41. The largest absolute Gasteiger partial charge is 0.393 e. The quantitative estimate of drug-likeness (QED) is 0.592. The molecule has 0 saturated carbocycles. The van der Waals surface area contributed by atoms with Gasteiger partial charge in [0.15, 0.2) is 0 Å². The van der Waals surface area contributed by atoms with Crippen molar-refractivity contribution in [3.8, 4) is 0 Å². The Hall–Kier alpha value is -0.0400. The zero-order valence-electron chi connectivity index (χ0n) is 5.72. The van der Waals surface area contributed by atoms with Crippen LogP contribution in [0.1, 0.15) is 33.1 Å². The minimum absolute atomic E-state index is 0.162. The molecule has 0 aromatic heterocycles. The molecular formula is C7H15O. The van der Waals surface area contributed by atoms with E-state index in [1.54, 1.807) is 0 Å². The Morgan fingerprint density at radius 1 is 1.50 bits per heavy atom. The molecule has 1 heteroatoms. The van der Waals surface area contributed by atoms with E-state index in [1.165, 1.54) is 0 Å². The lowest BCUT2D eigenvalue weighted by molar-refractivity contribution is 0.192. The molecule has 1 atom stereocenters. The van der Waals surface area contributed by atoms with Crippen molar-refractivity contribution >= 4 is 0 Å². The smallest absolute Gasteiger partial charge is 0.0571 e. The van der Waals surface area contributed by atoms with Crippen LogP contribution in [0.2, 0.25) is 0 Å². The van der Waals surface area contributed by atoms with Gasteiger partial charge in [0.25, 0.3) is 0 Å². The van der Waals surface area contributed by atoms with Gasteiger partial charge in [0.1, 0.15) is 0 Å². The highest BCUT2D eigenvalue weighted by Gasteiger charge is 1.98. The second-order valence-corrected chi connectivity index (χ2v) is 2.00. The molecule has 0 aromatic rings. The van der Waals surface area contributed by atoms with Gasteiger partial charge >= 0.3 is 0 Å². The molecule has 1 N–H and O–H groups in total. The van der Waals surface area contributed by atoms with Gasteiger partial charge in [0.05, 0.1) is 6.10 Å². The third kappa shape index (κ3) is 4.13. The summed E-state index contributed by atoms with van der Waals surface area (Å²) in [6.07, 6.45) is 4.72. The van der Waals surface area contributed by atoms with E-state index in [1.807, 2.05) is 13.3 Å². The van der Waals surface area contributed by atoms with Crippen LogP contribution in [0.25, 0.3) is 0 Å². The van der Waals surface area contributed by atoms with Crippen LogP contribution in [0, 0.1) is 6.42 Å². The lowest BCUT2D eigenvalue weighted by Crippen LogP contribution is -2.04. The van der Waals surface area contributed by atoms with Crippen LogP contribution in [0.15, 0.2) is 0 Å². The Labute approximate surface area is 51.7 Å². The first kappa shape index (κ1) is 7.96. The van der Waals surface area contributed by atoms with Crippen LogP contribution < -0.4 is 0 Å². The number of aliphatic hydroxyl groups is 1. The molecule has 0 aliphatic heterocycles. The predicted molar refractivity (Wildman–Crippen MR) is 35.5 cm³/mol. The van der Waals surface area contributed by atoms with E-state index in [0.717, 1.165) is 19.3 Å². The molecule has 8 heavy (non-hydrogen) atoms. The van der Waals surface area contributed by atoms with Crippen LogP contribution in [-0.2, 0) is 0 Å². The molecule has 0 aliphatic carbocycles. The van der Waals surface area contributed by atoms with Crippen molar-refractivity contribution in [2.24, 2.45) is 0 Å². The summed E-state index contributed by atoms with van der Waals surface area (Å²) in [4.78, 5) is 0. The van der Waals surface area contributed by atoms with Gasteiger partial charge in [-0.15, -0.1) is 0 Å². The Kier molecular flexibility index (Phi) is 5.08. The van der Waals surface area contributed by atoms with E-state index in [0.29, 0.717) is 0 Å². The average molecular weight is 115 g/mol. The van der Waals surface area contributed by atoms with Gasteiger partial charge in [-0.3, -0.25) is 0 Å². The first-order valence-corrected chi connectivity index (χ1v) is 3.32. The maximum absolute atomic E-state index is 8.99. The van der Waals surface area contributed by atoms with Crippen molar-refractivity contribution in [3.63, 3.8) is 0 Å². The molecule has 0 saturated heterocycles. The average Bonchev–Trinajstić information content (AvgIpc) is 1.68. The Morgan fingerprint density at radius 3 is 2.50 bits per heavy atom. The molecule has 1 unspecified atom stereocenters. The molecular weight excluding hydrogens is 100 g/mol. The molecule has 49 valence electrons. The number of hydrogen-bond donors (Lipinski definition) is 1. The fraction of sp³-hybridized carbons (Fsp3) is 0.857. The van der Waals surface area contributed by atoms with Gasteiger partial charge in [-0.05, 0) is 12.8 Å². The number of rotatable bonds is 4. The van der Waals surface area contributed by atoms with Gasteiger partial charge in [-0.1, -0.05) is 26.7 Å². The third-order valence-electron chi connectivity index (χ3n) is 1.09. The lowest BCUT2D eigenvalue weighted by Gasteiger charge is -2.04. The van der Waals surface area contributed by atoms with Gasteiger partial charge in [0, 0.05) is 0 Å². The Bertz CT molecular complexity index is 37.7. The molecule has 0 bridgehead atoms. The maximum atomic E-state index is 8.99. The highest BCUT2D eigenvalue weighted by atomic mass is 16.3. The Balaban J connectivity index is 2.92. The first-order chi connectivity index (χ1) is 3.81. The fourth-order valence-electron chi connectivity index (χ4n) is 0.686. The molecule has 0 aliphatic rings. The van der Waals surface area contributed by atoms with E-state index in [4.69, 9.17) is 5.11 Å². The fourth-order valence-corrected chi connectivity index (χ4v) is 0.686. The molecule has 0 spiro atoms. The summed E-state index contributed by atoms with van der Waals surface area (Å²) in [5, 5.41) is 8.99. The Morgan fingerprint density at radius 2 is 2.12 bits per heavy atom. The number of hydrogen-bond acceptors (Lipinski definition) is 1. The van der Waals surface area contributed by atoms with Crippen LogP contribution in [-0.4, -0.2) is 11.2 Å². The topological polar surface area (TPSA) is 20.2 Å². The minimum atomic E-state index is -0.162. The van der Waals surface area contributed by atoms with E-state index in [2.05, 4.69) is 6.92 Å². The van der Waals surface area contributed by atoms with Crippen LogP contribution in [0.3, 0.4) is 0 Å². The third-order valence-corrected chi connectivity index (χ3v) is 1.09. The SMILES string of the molecule is CC[CH]C(O)CCC. The maximum Gasteiger partial charge on any atom is 0.0571 e. The van der Waals surface area contributed by atoms with E-state index >= 15 is 0 Å². The minimum Gasteiger partial charge on any atom is -0.393 e. The highest BCUT2D eigenvalue weighted by Crippen LogP contribution is 2.01. The normalized spacial score (nSPS) is 10.5. The second kappa shape index (κ2) is 5.10. The summed E-state index contributed by atoms with van der Waals surface area (Å²) < 4.78 is 0. The highest BCUT2D eigenvalue weighted by molar-refractivity contribution is 4.71.